The van der Waals surface area contributed by atoms with Crippen molar-refractivity contribution in [3.05, 3.63) is 29.1 Å². The van der Waals surface area contributed by atoms with Gasteiger partial charge in [-0.2, -0.15) is 0 Å². The summed E-state index contributed by atoms with van der Waals surface area (Å²) in [5.74, 6) is 0. The van der Waals surface area contributed by atoms with Gasteiger partial charge < -0.3 is 4.84 Å². The van der Waals surface area contributed by atoms with Crippen molar-refractivity contribution < 1.29 is 4.84 Å². The summed E-state index contributed by atoms with van der Waals surface area (Å²) in [6.45, 7) is 9.82. The molecule has 1 aromatic heterocycles. The van der Waals surface area contributed by atoms with Gasteiger partial charge in [0.25, 0.3) is 0 Å². The highest BCUT2D eigenvalue weighted by Crippen LogP contribution is 2.08. The molecule has 0 aromatic carbocycles. The van der Waals surface area contributed by atoms with E-state index in [2.05, 4.69) is 10.1 Å². The van der Waals surface area contributed by atoms with E-state index >= 15 is 0 Å². The molecule has 15 heavy (non-hydrogen) atoms. The second-order valence-electron chi connectivity index (χ2n) is 4.57. The lowest BCUT2D eigenvalue weighted by molar-refractivity contribution is 0.00198. The lowest BCUT2D eigenvalue weighted by Gasteiger charge is -2.14. The van der Waals surface area contributed by atoms with Gasteiger partial charge in [0.1, 0.15) is 5.60 Å². The van der Waals surface area contributed by atoms with Crippen LogP contribution in [0.4, 0.5) is 0 Å². The molecular weight excluding hydrogens is 188 g/mol. The van der Waals surface area contributed by atoms with E-state index in [1.807, 2.05) is 46.8 Å². The van der Waals surface area contributed by atoms with E-state index in [0.29, 0.717) is 0 Å². The number of nitrogens with zero attached hydrogens (tertiary/aromatic N) is 2. The minimum Gasteiger partial charge on any atom is -0.390 e. The molecule has 0 fully saturated rings. The molecule has 0 aliphatic heterocycles. The maximum absolute atomic E-state index is 5.26. The summed E-state index contributed by atoms with van der Waals surface area (Å²) in [6, 6.07) is 3.96. The average Bonchev–Trinajstić information content (AvgIpc) is 2.07. The molecule has 0 spiro atoms. The molecule has 3 nitrogen and oxygen atoms in total. The van der Waals surface area contributed by atoms with Gasteiger partial charge in [-0.3, -0.25) is 4.98 Å². The normalized spacial score (nSPS) is 12.1. The molecule has 0 radical (unpaired) electrons. The summed E-state index contributed by atoms with van der Waals surface area (Å²) >= 11 is 0. The third-order valence-electron chi connectivity index (χ3n) is 1.78. The molecule has 1 heterocycles. The Labute approximate surface area is 91.2 Å². The van der Waals surface area contributed by atoms with Gasteiger partial charge in [-0.05, 0) is 46.8 Å². The number of aryl methyl sites for hydroxylation is 2. The fraction of sp³-hybridized carbons (Fsp3) is 0.500. The Balaban J connectivity index is 2.73. The average molecular weight is 206 g/mol. The molecule has 0 aliphatic carbocycles. The second-order valence-corrected chi connectivity index (χ2v) is 4.57. The first-order valence-corrected chi connectivity index (χ1v) is 5.04. The van der Waals surface area contributed by atoms with Crippen molar-refractivity contribution in [2.24, 2.45) is 5.16 Å². The molecular formula is C12H18N2O. The highest BCUT2D eigenvalue weighted by atomic mass is 16.6. The Morgan fingerprint density at radius 2 is 1.93 bits per heavy atom. The largest absolute Gasteiger partial charge is 0.390 e. The van der Waals surface area contributed by atoms with E-state index in [1.54, 1.807) is 6.21 Å². The van der Waals surface area contributed by atoms with E-state index in [0.717, 1.165) is 17.0 Å². The zero-order valence-electron chi connectivity index (χ0n) is 10.0. The topological polar surface area (TPSA) is 34.5 Å². The number of hydrogen-bond acceptors (Lipinski definition) is 3. The molecule has 0 aliphatic rings. The Morgan fingerprint density at radius 3 is 2.47 bits per heavy atom. The van der Waals surface area contributed by atoms with Crippen molar-refractivity contribution in [1.82, 2.24) is 4.98 Å². The van der Waals surface area contributed by atoms with Crippen molar-refractivity contribution in [3.63, 3.8) is 0 Å². The molecule has 0 saturated carbocycles. The summed E-state index contributed by atoms with van der Waals surface area (Å²) < 4.78 is 0. The second kappa shape index (κ2) is 4.43. The lowest BCUT2D eigenvalue weighted by atomic mass is 10.2. The summed E-state index contributed by atoms with van der Waals surface area (Å²) in [6.07, 6.45) is 1.70. The van der Waals surface area contributed by atoms with Crippen molar-refractivity contribution in [1.29, 1.82) is 0 Å². The maximum atomic E-state index is 5.26. The summed E-state index contributed by atoms with van der Waals surface area (Å²) in [4.78, 5) is 9.60. The molecule has 3 heteroatoms. The number of oxime groups is 1. The van der Waals surface area contributed by atoms with Crippen LogP contribution < -0.4 is 0 Å². The molecule has 0 unspecified atom stereocenters. The summed E-state index contributed by atoms with van der Waals surface area (Å²) in [7, 11) is 0. The van der Waals surface area contributed by atoms with Gasteiger partial charge in [0, 0.05) is 17.0 Å². The summed E-state index contributed by atoms with van der Waals surface area (Å²) in [5, 5.41) is 3.94. The standard InChI is InChI=1S/C12H18N2O/c1-9-6-7-11(10(2)14-9)8-13-15-12(3,4)5/h6-8H,1-5H3/b13-8+. The van der Waals surface area contributed by atoms with Gasteiger partial charge in [-0.1, -0.05) is 5.16 Å². The van der Waals surface area contributed by atoms with E-state index in [1.165, 1.54) is 0 Å². The van der Waals surface area contributed by atoms with Crippen LogP contribution in [0.1, 0.15) is 37.7 Å². The minimum atomic E-state index is -0.247. The number of rotatable bonds is 2. The van der Waals surface area contributed by atoms with Crippen LogP contribution in [0, 0.1) is 13.8 Å². The van der Waals surface area contributed by atoms with Crippen molar-refractivity contribution in [2.45, 2.75) is 40.2 Å². The minimum absolute atomic E-state index is 0.247. The van der Waals surface area contributed by atoms with Crippen LogP contribution in [0.2, 0.25) is 0 Å². The van der Waals surface area contributed by atoms with Crippen LogP contribution in [-0.4, -0.2) is 16.8 Å². The van der Waals surface area contributed by atoms with E-state index < -0.39 is 0 Å². The Kier molecular flexibility index (Phi) is 3.45. The molecule has 0 saturated heterocycles. The highest BCUT2D eigenvalue weighted by molar-refractivity contribution is 5.80. The van der Waals surface area contributed by atoms with Gasteiger partial charge in [0.2, 0.25) is 0 Å². The van der Waals surface area contributed by atoms with Gasteiger partial charge in [-0.25, -0.2) is 0 Å². The third-order valence-corrected chi connectivity index (χ3v) is 1.78. The zero-order valence-corrected chi connectivity index (χ0v) is 10.0. The molecule has 82 valence electrons. The van der Waals surface area contributed by atoms with Crippen molar-refractivity contribution in [2.75, 3.05) is 0 Å². The Morgan fingerprint density at radius 1 is 1.27 bits per heavy atom. The Bertz CT molecular complexity index is 364. The van der Waals surface area contributed by atoms with Crippen molar-refractivity contribution in [3.8, 4) is 0 Å². The fourth-order valence-corrected chi connectivity index (χ4v) is 1.08. The van der Waals surface area contributed by atoms with Crippen LogP contribution in [0.3, 0.4) is 0 Å². The van der Waals surface area contributed by atoms with Crippen LogP contribution in [0.15, 0.2) is 17.3 Å². The number of pyridine rings is 1. The van der Waals surface area contributed by atoms with E-state index in [9.17, 15) is 0 Å². The maximum Gasteiger partial charge on any atom is 0.129 e. The van der Waals surface area contributed by atoms with Gasteiger partial charge >= 0.3 is 0 Å². The van der Waals surface area contributed by atoms with Gasteiger partial charge in [-0.15, -0.1) is 0 Å². The molecule has 0 amide bonds. The molecule has 0 bridgehead atoms. The SMILES string of the molecule is Cc1ccc(/C=N/OC(C)(C)C)c(C)n1. The molecule has 0 atom stereocenters. The predicted molar refractivity (Wildman–Crippen MR) is 62.1 cm³/mol. The van der Waals surface area contributed by atoms with Gasteiger partial charge in [0.15, 0.2) is 0 Å². The fourth-order valence-electron chi connectivity index (χ4n) is 1.08. The molecule has 1 aromatic rings. The van der Waals surface area contributed by atoms with Crippen molar-refractivity contribution >= 4 is 6.21 Å². The van der Waals surface area contributed by atoms with Crippen LogP contribution in [0.5, 0.6) is 0 Å². The van der Waals surface area contributed by atoms with Crippen LogP contribution >= 0.6 is 0 Å². The molecule has 1 rings (SSSR count). The monoisotopic (exact) mass is 206 g/mol. The van der Waals surface area contributed by atoms with E-state index in [-0.39, 0.29) is 5.60 Å². The van der Waals surface area contributed by atoms with Crippen LogP contribution in [0.25, 0.3) is 0 Å². The highest BCUT2D eigenvalue weighted by Gasteiger charge is 2.09. The number of aromatic nitrogens is 1. The first-order valence-electron chi connectivity index (χ1n) is 5.04. The quantitative estimate of drug-likeness (QED) is 0.551. The smallest absolute Gasteiger partial charge is 0.129 e. The number of hydrogen-bond donors (Lipinski definition) is 0. The first kappa shape index (κ1) is 11.7. The first-order chi connectivity index (χ1) is 6.88. The Hall–Kier alpha value is -1.38. The zero-order chi connectivity index (χ0) is 11.5. The summed E-state index contributed by atoms with van der Waals surface area (Å²) in [5.41, 5.74) is 2.73. The van der Waals surface area contributed by atoms with Crippen LogP contribution in [-0.2, 0) is 4.84 Å². The predicted octanol–water partition coefficient (Wildman–Crippen LogP) is 2.85. The van der Waals surface area contributed by atoms with E-state index in [4.69, 9.17) is 4.84 Å². The lowest BCUT2D eigenvalue weighted by Crippen LogP contribution is -2.15. The third kappa shape index (κ3) is 4.11. The van der Waals surface area contributed by atoms with Gasteiger partial charge in [0.05, 0.1) is 6.21 Å². The molecule has 0 N–H and O–H groups in total.